The molecule has 1 N–H and O–H groups in total. The van der Waals surface area contributed by atoms with Gasteiger partial charge in [-0.05, 0) is 55.9 Å². The maximum Gasteiger partial charge on any atom is 0.434 e. The van der Waals surface area contributed by atoms with Gasteiger partial charge in [0.25, 0.3) is 5.91 Å². The van der Waals surface area contributed by atoms with Crippen LogP contribution in [0.3, 0.4) is 0 Å². The molecule has 1 amide bonds. The molecule has 3 aromatic heterocycles. The van der Waals surface area contributed by atoms with E-state index in [4.69, 9.17) is 21.1 Å². The number of alkyl halides is 3. The van der Waals surface area contributed by atoms with Crippen LogP contribution in [-0.4, -0.2) is 51.4 Å². The molecule has 5 rings (SSSR count). The molecule has 42 heavy (non-hydrogen) atoms. The molecule has 0 bridgehead atoms. The molecule has 1 aromatic carbocycles. The summed E-state index contributed by atoms with van der Waals surface area (Å²) in [6.45, 7) is 1.26. The van der Waals surface area contributed by atoms with Gasteiger partial charge in [-0.1, -0.05) is 23.7 Å². The molecule has 1 aliphatic carbocycles. The van der Waals surface area contributed by atoms with Crippen molar-refractivity contribution in [2.24, 2.45) is 5.92 Å². The first-order chi connectivity index (χ1) is 20.2. The average Bonchev–Trinajstić information content (AvgIpc) is 3.24. The molecule has 0 atom stereocenters. The minimum Gasteiger partial charge on any atom is -0.475 e. The largest absolute Gasteiger partial charge is 0.475 e. The van der Waals surface area contributed by atoms with Crippen LogP contribution in [0.2, 0.25) is 5.02 Å². The zero-order valence-electron chi connectivity index (χ0n) is 22.7. The van der Waals surface area contributed by atoms with Gasteiger partial charge in [-0.25, -0.2) is 14.8 Å². The highest BCUT2D eigenvalue weighted by Crippen LogP contribution is 2.32. The van der Waals surface area contributed by atoms with E-state index < -0.39 is 23.3 Å². The van der Waals surface area contributed by atoms with Crippen LogP contribution >= 0.6 is 11.6 Å². The lowest BCUT2D eigenvalue weighted by atomic mass is 9.85. The first-order valence-corrected chi connectivity index (χ1v) is 13.9. The minimum absolute atomic E-state index is 0.0522. The molecule has 0 radical (unpaired) electrons. The highest BCUT2D eigenvalue weighted by atomic mass is 35.5. The predicted molar refractivity (Wildman–Crippen MR) is 150 cm³/mol. The smallest absolute Gasteiger partial charge is 0.434 e. The van der Waals surface area contributed by atoms with E-state index in [0.717, 1.165) is 23.3 Å². The van der Waals surface area contributed by atoms with Gasteiger partial charge in [0.1, 0.15) is 6.61 Å². The van der Waals surface area contributed by atoms with Gasteiger partial charge in [0.05, 0.1) is 40.1 Å². The number of nitrogens with zero attached hydrogens (tertiary/aromatic N) is 4. The molecule has 4 aromatic rings. The highest BCUT2D eigenvalue weighted by molar-refractivity contribution is 6.30. The lowest BCUT2D eigenvalue weighted by Crippen LogP contribution is -2.39. The Labute approximate surface area is 244 Å². The van der Waals surface area contributed by atoms with Crippen LogP contribution in [0.4, 0.5) is 13.2 Å². The van der Waals surface area contributed by atoms with Crippen molar-refractivity contribution in [3.05, 3.63) is 81.6 Å². The first-order valence-electron chi connectivity index (χ1n) is 13.5. The molecular weight excluding hydrogens is 575 g/mol. The van der Waals surface area contributed by atoms with Crippen molar-refractivity contribution in [3.8, 4) is 11.6 Å². The predicted octanol–water partition coefficient (Wildman–Crippen LogP) is 5.27. The standard InChI is InChI=1S/C29H29ClF3N5O4/c1-41-12-13-42-25-11-10-21(16-34-25)38-24-5-3-2-4-23(24)37(28(38)40)17-18-6-8-20(9-7-18)36-27(39)22-14-19(30)15-35-26(22)29(31,32)33/h2-5,10-11,14-16,18,20H,6-9,12-13,17H2,1H3,(H,36,39). The van der Waals surface area contributed by atoms with E-state index in [-0.39, 0.29) is 22.7 Å². The maximum atomic E-state index is 13.7. The number of hydrogen-bond donors (Lipinski definition) is 1. The van der Waals surface area contributed by atoms with E-state index in [1.807, 2.05) is 24.3 Å². The minimum atomic E-state index is -4.78. The molecular formula is C29H29ClF3N5O4. The average molecular weight is 604 g/mol. The van der Waals surface area contributed by atoms with Crippen LogP contribution in [-0.2, 0) is 17.5 Å². The highest BCUT2D eigenvalue weighted by Gasteiger charge is 2.38. The second-order valence-electron chi connectivity index (χ2n) is 10.2. The van der Waals surface area contributed by atoms with Crippen LogP contribution in [0.1, 0.15) is 41.7 Å². The zero-order chi connectivity index (χ0) is 29.9. The van der Waals surface area contributed by atoms with Gasteiger partial charge in [-0.15, -0.1) is 0 Å². The normalized spacial score (nSPS) is 17.4. The SMILES string of the molecule is COCCOc1ccc(-n2c(=O)n(CC3CCC(NC(=O)c4cc(Cl)cnc4C(F)(F)F)CC3)c3ccccc32)cn1. The Morgan fingerprint density at radius 3 is 2.45 bits per heavy atom. The molecule has 9 nitrogen and oxygen atoms in total. The number of methoxy groups -OCH3 is 1. The van der Waals surface area contributed by atoms with Crippen LogP contribution in [0.5, 0.6) is 5.88 Å². The van der Waals surface area contributed by atoms with Gasteiger partial charge in [0.2, 0.25) is 5.88 Å². The lowest BCUT2D eigenvalue weighted by Gasteiger charge is -2.29. The number of benzene rings is 1. The van der Waals surface area contributed by atoms with E-state index in [1.54, 1.807) is 34.6 Å². The number of pyridine rings is 2. The molecule has 0 aliphatic heterocycles. The molecule has 0 unspecified atom stereocenters. The Morgan fingerprint density at radius 1 is 1.05 bits per heavy atom. The van der Waals surface area contributed by atoms with Crippen LogP contribution < -0.4 is 15.7 Å². The summed E-state index contributed by atoms with van der Waals surface area (Å²) < 4.78 is 54.0. The van der Waals surface area contributed by atoms with Crippen LogP contribution in [0.25, 0.3) is 16.7 Å². The number of hydrogen-bond acceptors (Lipinski definition) is 6. The lowest BCUT2D eigenvalue weighted by molar-refractivity contribution is -0.141. The number of carbonyl (C=O) groups excluding carboxylic acids is 1. The van der Waals surface area contributed by atoms with Gasteiger partial charge < -0.3 is 14.8 Å². The molecule has 13 heteroatoms. The first kappa shape index (κ1) is 29.6. The molecule has 1 aliphatic rings. The molecule has 0 saturated heterocycles. The van der Waals surface area contributed by atoms with E-state index in [1.165, 1.54) is 0 Å². The van der Waals surface area contributed by atoms with Crippen LogP contribution in [0.15, 0.2) is 59.7 Å². The Kier molecular flexibility index (Phi) is 8.83. The second-order valence-corrected chi connectivity index (χ2v) is 10.6. The summed E-state index contributed by atoms with van der Waals surface area (Å²) in [4.78, 5) is 34.0. The molecule has 3 heterocycles. The summed E-state index contributed by atoms with van der Waals surface area (Å²) in [5.41, 5.74) is 0.0713. The van der Waals surface area contributed by atoms with E-state index in [9.17, 15) is 22.8 Å². The van der Waals surface area contributed by atoms with Gasteiger partial charge in [-0.3, -0.25) is 13.9 Å². The van der Waals surface area contributed by atoms with Crippen molar-refractivity contribution >= 4 is 28.5 Å². The topological polar surface area (TPSA) is 100 Å². The van der Waals surface area contributed by atoms with E-state index >= 15 is 0 Å². The Balaban J connectivity index is 1.28. The number of imidazole rings is 1. The third-order valence-corrected chi connectivity index (χ3v) is 7.55. The van der Waals surface area contributed by atoms with Crippen LogP contribution in [0, 0.1) is 5.92 Å². The fourth-order valence-corrected chi connectivity index (χ4v) is 5.46. The third kappa shape index (κ3) is 6.44. The summed E-state index contributed by atoms with van der Waals surface area (Å²) in [5.74, 6) is -0.287. The Bertz CT molecular complexity index is 1610. The number of carbonyl (C=O) groups is 1. The third-order valence-electron chi connectivity index (χ3n) is 7.34. The summed E-state index contributed by atoms with van der Waals surface area (Å²) in [7, 11) is 1.59. The fraction of sp³-hybridized carbons (Fsp3) is 0.379. The van der Waals surface area contributed by atoms with Crippen molar-refractivity contribution < 1.29 is 27.4 Å². The number of amides is 1. The quantitative estimate of drug-likeness (QED) is 0.262. The van der Waals surface area contributed by atoms with Gasteiger partial charge >= 0.3 is 11.9 Å². The van der Waals surface area contributed by atoms with Crippen molar-refractivity contribution in [2.75, 3.05) is 20.3 Å². The Hall–Kier alpha value is -3.90. The van der Waals surface area contributed by atoms with Crippen molar-refractivity contribution in [1.29, 1.82) is 0 Å². The summed E-state index contributed by atoms with van der Waals surface area (Å²) in [6.07, 6.45) is 0.180. The van der Waals surface area contributed by atoms with Crippen molar-refractivity contribution in [2.45, 2.75) is 44.4 Å². The molecule has 1 saturated carbocycles. The number of ether oxygens (including phenoxy) is 2. The number of halogens is 4. The number of para-hydroxylation sites is 2. The van der Waals surface area contributed by atoms with Gasteiger partial charge in [-0.2, -0.15) is 13.2 Å². The molecule has 222 valence electrons. The maximum absolute atomic E-state index is 13.7. The summed E-state index contributed by atoms with van der Waals surface area (Å²) in [6, 6.07) is 11.7. The monoisotopic (exact) mass is 603 g/mol. The second kappa shape index (κ2) is 12.5. The summed E-state index contributed by atoms with van der Waals surface area (Å²) >= 11 is 5.82. The van der Waals surface area contributed by atoms with Crippen molar-refractivity contribution in [3.63, 3.8) is 0 Å². The summed E-state index contributed by atoms with van der Waals surface area (Å²) in [5, 5.41) is 2.66. The molecule has 0 spiro atoms. The number of aromatic nitrogens is 4. The Morgan fingerprint density at radius 2 is 1.79 bits per heavy atom. The fourth-order valence-electron chi connectivity index (χ4n) is 5.30. The van der Waals surface area contributed by atoms with E-state index in [0.29, 0.717) is 57.0 Å². The van der Waals surface area contributed by atoms with Crippen molar-refractivity contribution in [1.82, 2.24) is 24.4 Å². The van der Waals surface area contributed by atoms with Gasteiger partial charge in [0, 0.05) is 32.0 Å². The molecule has 1 fully saturated rings. The van der Waals surface area contributed by atoms with E-state index in [2.05, 4.69) is 15.3 Å². The number of nitrogens with one attached hydrogen (secondary N) is 1. The number of fused-ring (bicyclic) bond motifs is 1. The zero-order valence-corrected chi connectivity index (χ0v) is 23.5. The number of rotatable bonds is 9. The van der Waals surface area contributed by atoms with Gasteiger partial charge in [0.15, 0.2) is 5.69 Å².